The molecule has 0 spiro atoms. The summed E-state index contributed by atoms with van der Waals surface area (Å²) in [6, 6.07) is 0. The third-order valence-corrected chi connectivity index (χ3v) is 6.47. The van der Waals surface area contributed by atoms with Crippen LogP contribution < -0.4 is 0 Å². The van der Waals surface area contributed by atoms with Gasteiger partial charge in [-0.15, -0.1) is 0 Å². The van der Waals surface area contributed by atoms with Gasteiger partial charge in [0.15, 0.2) is 0 Å². The minimum absolute atomic E-state index is 0.392. The lowest BCUT2D eigenvalue weighted by atomic mass is 9.47. The van der Waals surface area contributed by atoms with Crippen LogP contribution in [0.4, 0.5) is 0 Å². The first-order valence-electron chi connectivity index (χ1n) is 8.73. The van der Waals surface area contributed by atoms with Crippen molar-refractivity contribution in [2.45, 2.75) is 72.6 Å². The van der Waals surface area contributed by atoms with Crippen LogP contribution in [0.2, 0.25) is 0 Å². The second-order valence-electron chi connectivity index (χ2n) is 8.39. The van der Waals surface area contributed by atoms with Gasteiger partial charge in [-0.1, -0.05) is 39.3 Å². The Morgan fingerprint density at radius 2 is 2.09 bits per heavy atom. The molecule has 2 fully saturated rings. The lowest BCUT2D eigenvalue weighted by molar-refractivity contribution is -0.123. The topological polar surface area (TPSA) is 26.3 Å². The number of hydrogen-bond donors (Lipinski definition) is 0. The van der Waals surface area contributed by atoms with E-state index in [9.17, 15) is 4.79 Å². The van der Waals surface area contributed by atoms with Gasteiger partial charge in [0.1, 0.15) is 0 Å². The Labute approximate surface area is 136 Å². The summed E-state index contributed by atoms with van der Waals surface area (Å²) in [7, 11) is 0. The molecule has 0 bridgehead atoms. The number of hydrogen-bond acceptors (Lipinski definition) is 2. The van der Waals surface area contributed by atoms with Crippen LogP contribution in [0, 0.1) is 22.7 Å². The maximum Gasteiger partial charge on any atom is 0.297 e. The third-order valence-electron chi connectivity index (χ3n) is 6.47. The highest BCUT2D eigenvalue weighted by atomic mass is 16.5. The van der Waals surface area contributed by atoms with Crippen molar-refractivity contribution in [1.29, 1.82) is 0 Å². The first-order valence-corrected chi connectivity index (χ1v) is 8.73. The van der Waals surface area contributed by atoms with Crippen molar-refractivity contribution in [3.63, 3.8) is 0 Å². The Hall–Kier alpha value is -1.05. The van der Waals surface area contributed by atoms with Crippen LogP contribution in [0.1, 0.15) is 72.6 Å². The summed E-state index contributed by atoms with van der Waals surface area (Å²) in [6.45, 7) is 14.4. The van der Waals surface area contributed by atoms with Gasteiger partial charge >= 0.3 is 0 Å². The number of carbonyl (C=O) groups is 1. The SMILES string of the molecule is C=C1CC[C@H]2C(C)(C)CCC[C@]2(C)[C@H]1CCC(C)=COC=O. The van der Waals surface area contributed by atoms with Gasteiger partial charge in [-0.05, 0) is 73.7 Å². The monoisotopic (exact) mass is 304 g/mol. The fourth-order valence-corrected chi connectivity index (χ4v) is 5.38. The smallest absolute Gasteiger partial charge is 0.297 e. The number of rotatable bonds is 5. The molecule has 124 valence electrons. The van der Waals surface area contributed by atoms with Gasteiger partial charge < -0.3 is 4.74 Å². The first kappa shape index (κ1) is 17.3. The molecule has 0 aromatic carbocycles. The molecule has 0 unspecified atom stereocenters. The van der Waals surface area contributed by atoms with Gasteiger partial charge in [-0.3, -0.25) is 4.79 Å². The molecule has 2 rings (SSSR count). The standard InChI is InChI=1S/C20H32O2/c1-15(13-22-14-21)7-9-17-16(2)8-10-18-19(3,4)11-6-12-20(17,18)5/h13-14,17-18H,2,6-12H2,1,3-5H3/t17-,18-,20+/m0/s1. The van der Waals surface area contributed by atoms with Gasteiger partial charge in [-0.25, -0.2) is 0 Å². The highest BCUT2D eigenvalue weighted by Gasteiger charge is 2.52. The number of fused-ring (bicyclic) bond motifs is 1. The molecule has 0 N–H and O–H groups in total. The molecular formula is C20H32O2. The average molecular weight is 304 g/mol. The fraction of sp³-hybridized carbons (Fsp3) is 0.750. The van der Waals surface area contributed by atoms with Crippen LogP contribution in [0.3, 0.4) is 0 Å². The Bertz CT molecular complexity index is 460. The van der Waals surface area contributed by atoms with Gasteiger partial charge in [0.25, 0.3) is 6.47 Å². The number of carbonyl (C=O) groups excluding carboxylic acids is 1. The molecule has 0 amide bonds. The van der Waals surface area contributed by atoms with Crippen molar-refractivity contribution in [1.82, 2.24) is 0 Å². The van der Waals surface area contributed by atoms with E-state index >= 15 is 0 Å². The zero-order chi connectivity index (χ0) is 16.4. The van der Waals surface area contributed by atoms with E-state index in [1.54, 1.807) is 6.26 Å². The van der Waals surface area contributed by atoms with E-state index in [1.165, 1.54) is 37.7 Å². The molecule has 0 aromatic rings. The summed E-state index contributed by atoms with van der Waals surface area (Å²) in [6.07, 6.45) is 10.2. The van der Waals surface area contributed by atoms with E-state index in [1.807, 2.05) is 6.92 Å². The van der Waals surface area contributed by atoms with Crippen LogP contribution >= 0.6 is 0 Å². The lowest BCUT2D eigenvalue weighted by Gasteiger charge is -2.58. The quantitative estimate of drug-likeness (QED) is 0.373. The van der Waals surface area contributed by atoms with Crippen molar-refractivity contribution < 1.29 is 9.53 Å². The molecule has 2 heteroatoms. The van der Waals surface area contributed by atoms with Crippen molar-refractivity contribution in [2.24, 2.45) is 22.7 Å². The highest BCUT2D eigenvalue weighted by Crippen LogP contribution is 2.61. The molecule has 2 nitrogen and oxygen atoms in total. The maximum absolute atomic E-state index is 10.3. The maximum atomic E-state index is 10.3. The van der Waals surface area contributed by atoms with Gasteiger partial charge in [-0.2, -0.15) is 0 Å². The van der Waals surface area contributed by atoms with E-state index < -0.39 is 0 Å². The van der Waals surface area contributed by atoms with Crippen molar-refractivity contribution in [2.75, 3.05) is 0 Å². The molecule has 0 saturated heterocycles. The summed E-state index contributed by atoms with van der Waals surface area (Å²) in [4.78, 5) is 10.3. The molecule has 3 atom stereocenters. The summed E-state index contributed by atoms with van der Waals surface area (Å²) in [5, 5.41) is 0. The van der Waals surface area contributed by atoms with Crippen LogP contribution in [-0.4, -0.2) is 6.47 Å². The molecule has 0 radical (unpaired) electrons. The van der Waals surface area contributed by atoms with E-state index in [4.69, 9.17) is 4.74 Å². The summed E-state index contributed by atoms with van der Waals surface area (Å²) < 4.78 is 4.76. The summed E-state index contributed by atoms with van der Waals surface area (Å²) >= 11 is 0. The Balaban J connectivity index is 2.14. The lowest BCUT2D eigenvalue weighted by Crippen LogP contribution is -2.49. The molecule has 0 heterocycles. The molecule has 0 aliphatic heterocycles. The molecule has 2 aliphatic rings. The Morgan fingerprint density at radius 1 is 1.36 bits per heavy atom. The second kappa shape index (κ2) is 6.60. The van der Waals surface area contributed by atoms with E-state index in [2.05, 4.69) is 27.4 Å². The molecule has 0 aromatic heterocycles. The van der Waals surface area contributed by atoms with Crippen molar-refractivity contribution in [3.05, 3.63) is 24.0 Å². The fourth-order valence-electron chi connectivity index (χ4n) is 5.38. The van der Waals surface area contributed by atoms with Crippen LogP contribution in [0.5, 0.6) is 0 Å². The normalized spacial score (nSPS) is 34.9. The van der Waals surface area contributed by atoms with Crippen LogP contribution in [-0.2, 0) is 9.53 Å². The van der Waals surface area contributed by atoms with E-state index in [-0.39, 0.29) is 0 Å². The first-order chi connectivity index (χ1) is 10.3. The van der Waals surface area contributed by atoms with Crippen LogP contribution in [0.15, 0.2) is 24.0 Å². The third kappa shape index (κ3) is 3.31. The summed E-state index contributed by atoms with van der Waals surface area (Å²) in [5.41, 5.74) is 3.43. The zero-order valence-corrected chi connectivity index (χ0v) is 14.8. The Morgan fingerprint density at radius 3 is 2.77 bits per heavy atom. The van der Waals surface area contributed by atoms with E-state index in [0.29, 0.717) is 23.2 Å². The molecule has 2 saturated carbocycles. The predicted octanol–water partition coefficient (Wildman–Crippen LogP) is 5.64. The largest absolute Gasteiger partial charge is 0.437 e. The minimum Gasteiger partial charge on any atom is -0.437 e. The number of ether oxygens (including phenoxy) is 1. The zero-order valence-electron chi connectivity index (χ0n) is 14.8. The highest BCUT2D eigenvalue weighted by molar-refractivity contribution is 5.38. The second-order valence-corrected chi connectivity index (χ2v) is 8.39. The van der Waals surface area contributed by atoms with Crippen LogP contribution in [0.25, 0.3) is 0 Å². The molecule has 2 aliphatic carbocycles. The van der Waals surface area contributed by atoms with Gasteiger partial charge in [0.2, 0.25) is 0 Å². The molecule has 22 heavy (non-hydrogen) atoms. The molecular weight excluding hydrogens is 272 g/mol. The Kier molecular flexibility index (Phi) is 5.19. The van der Waals surface area contributed by atoms with Crippen molar-refractivity contribution >= 4 is 6.47 Å². The van der Waals surface area contributed by atoms with Crippen molar-refractivity contribution in [3.8, 4) is 0 Å². The van der Waals surface area contributed by atoms with Gasteiger partial charge in [0, 0.05) is 0 Å². The summed E-state index contributed by atoms with van der Waals surface area (Å²) in [5.74, 6) is 1.41. The average Bonchev–Trinajstić information content (AvgIpc) is 2.43. The number of allylic oxidation sites excluding steroid dienone is 2. The predicted molar refractivity (Wildman–Crippen MR) is 91.2 cm³/mol. The van der Waals surface area contributed by atoms with Gasteiger partial charge in [0.05, 0.1) is 6.26 Å². The van der Waals surface area contributed by atoms with E-state index in [0.717, 1.165) is 24.3 Å². The minimum atomic E-state index is 0.392.